The van der Waals surface area contributed by atoms with Gasteiger partial charge in [0.05, 0.1) is 18.3 Å². The fourth-order valence-corrected chi connectivity index (χ4v) is 3.84. The van der Waals surface area contributed by atoms with Gasteiger partial charge in [0, 0.05) is 11.5 Å². The van der Waals surface area contributed by atoms with Crippen LogP contribution < -0.4 is 4.74 Å². The maximum absolute atomic E-state index is 14.4. The number of halogens is 4. The van der Waals surface area contributed by atoms with Crippen molar-refractivity contribution in [3.63, 3.8) is 0 Å². The van der Waals surface area contributed by atoms with Gasteiger partial charge in [0.2, 0.25) is 5.82 Å². The van der Waals surface area contributed by atoms with Crippen LogP contribution in [0.2, 0.25) is 0 Å². The Kier molecular flexibility index (Phi) is 7.04. The third-order valence-electron chi connectivity index (χ3n) is 5.52. The molecule has 6 heteroatoms. The Hall–Kier alpha value is -2.52. The van der Waals surface area contributed by atoms with E-state index in [1.807, 2.05) is 0 Å². The van der Waals surface area contributed by atoms with Crippen LogP contribution in [-0.2, 0) is 0 Å². The van der Waals surface area contributed by atoms with Crippen LogP contribution in [0, 0.1) is 41.0 Å². The number of benzene rings is 2. The van der Waals surface area contributed by atoms with Gasteiger partial charge in [-0.05, 0) is 63.1 Å². The highest BCUT2D eigenvalue weighted by Gasteiger charge is 2.26. The number of hydrogen-bond acceptors (Lipinski definition) is 2. The summed E-state index contributed by atoms with van der Waals surface area (Å²) in [5, 5.41) is 9.45. The minimum atomic E-state index is -1.11. The number of aliphatic hydroxyl groups excluding tert-OH is 1. The molecule has 1 aliphatic carbocycles. The third-order valence-corrected chi connectivity index (χ3v) is 5.52. The first-order chi connectivity index (χ1) is 14.3. The lowest BCUT2D eigenvalue weighted by Gasteiger charge is -2.26. The Labute approximate surface area is 173 Å². The summed E-state index contributed by atoms with van der Waals surface area (Å²) >= 11 is 0. The molecule has 0 aliphatic heterocycles. The van der Waals surface area contributed by atoms with Crippen LogP contribution in [-0.4, -0.2) is 11.7 Å². The summed E-state index contributed by atoms with van der Waals surface area (Å²) in [4.78, 5) is 0. The minimum absolute atomic E-state index is 0.0317. The zero-order valence-electron chi connectivity index (χ0n) is 16.9. The average molecular weight is 420 g/mol. The molecule has 0 radical (unpaired) electrons. The highest BCUT2D eigenvalue weighted by atomic mass is 19.2. The maximum atomic E-state index is 14.4. The van der Waals surface area contributed by atoms with Gasteiger partial charge in [0.25, 0.3) is 0 Å². The Morgan fingerprint density at radius 2 is 1.67 bits per heavy atom. The lowest BCUT2D eigenvalue weighted by Crippen LogP contribution is -2.14. The molecule has 1 fully saturated rings. The van der Waals surface area contributed by atoms with Crippen LogP contribution in [0.1, 0.15) is 68.2 Å². The van der Waals surface area contributed by atoms with Gasteiger partial charge in [-0.15, -0.1) is 0 Å². The van der Waals surface area contributed by atoms with Crippen molar-refractivity contribution in [1.82, 2.24) is 0 Å². The van der Waals surface area contributed by atoms with Crippen molar-refractivity contribution in [2.45, 2.75) is 51.6 Å². The zero-order valence-corrected chi connectivity index (χ0v) is 16.9. The molecule has 160 valence electrons. The van der Waals surface area contributed by atoms with E-state index in [9.17, 15) is 22.7 Å². The second kappa shape index (κ2) is 9.53. The summed E-state index contributed by atoms with van der Waals surface area (Å²) in [6.07, 6.45) is 1.46. The van der Waals surface area contributed by atoms with Crippen molar-refractivity contribution >= 4 is 0 Å². The number of hydrogen-bond donors (Lipinski definition) is 1. The first kappa shape index (κ1) is 22.2. The zero-order chi connectivity index (χ0) is 21.8. The summed E-state index contributed by atoms with van der Waals surface area (Å²) in [7, 11) is 0. The lowest BCUT2D eigenvalue weighted by molar-refractivity contribution is 0.192. The third kappa shape index (κ3) is 4.62. The van der Waals surface area contributed by atoms with Gasteiger partial charge in [-0.25, -0.2) is 13.2 Å². The predicted molar refractivity (Wildman–Crippen MR) is 106 cm³/mol. The molecule has 0 spiro atoms. The lowest BCUT2D eigenvalue weighted by atomic mass is 9.78. The van der Waals surface area contributed by atoms with E-state index in [0.29, 0.717) is 31.2 Å². The molecule has 1 aliphatic rings. The number of aliphatic hydroxyl groups is 1. The van der Waals surface area contributed by atoms with Crippen molar-refractivity contribution in [1.29, 1.82) is 0 Å². The second-order valence-corrected chi connectivity index (χ2v) is 7.54. The normalized spacial score (nSPS) is 19.7. The van der Waals surface area contributed by atoms with Crippen LogP contribution in [0.5, 0.6) is 5.75 Å². The molecule has 2 aromatic carbocycles. The summed E-state index contributed by atoms with van der Waals surface area (Å²) in [6, 6.07) is 5.71. The van der Waals surface area contributed by atoms with Crippen molar-refractivity contribution in [3.05, 3.63) is 64.2 Å². The molecule has 0 saturated heterocycles. The summed E-state index contributed by atoms with van der Waals surface area (Å²) < 4.78 is 61.8. The molecule has 0 heterocycles. The van der Waals surface area contributed by atoms with Gasteiger partial charge in [-0.1, -0.05) is 24.0 Å². The van der Waals surface area contributed by atoms with Crippen LogP contribution in [0.25, 0.3) is 0 Å². The molecule has 0 aromatic heterocycles. The van der Waals surface area contributed by atoms with Crippen LogP contribution in [0.4, 0.5) is 17.6 Å². The Morgan fingerprint density at radius 3 is 2.30 bits per heavy atom. The fraction of sp³-hybridized carbons (Fsp3) is 0.417. The van der Waals surface area contributed by atoms with E-state index in [1.54, 1.807) is 13.0 Å². The van der Waals surface area contributed by atoms with E-state index in [4.69, 9.17) is 4.74 Å². The topological polar surface area (TPSA) is 29.5 Å². The molecule has 1 N–H and O–H groups in total. The minimum Gasteiger partial charge on any atom is -0.491 e. The van der Waals surface area contributed by atoms with Gasteiger partial charge >= 0.3 is 0 Å². The SMILES string of the molecule is CCOc1ccc(C2CCC(C#Cc3ccc(C(C)O)c(F)c3F)CC2)c(F)c1F. The van der Waals surface area contributed by atoms with E-state index < -0.39 is 29.4 Å². The largest absolute Gasteiger partial charge is 0.491 e. The first-order valence-electron chi connectivity index (χ1n) is 10.1. The quantitative estimate of drug-likeness (QED) is 0.484. The van der Waals surface area contributed by atoms with Crippen molar-refractivity contribution in [2.75, 3.05) is 6.61 Å². The van der Waals surface area contributed by atoms with Crippen molar-refractivity contribution in [3.8, 4) is 17.6 Å². The molecule has 3 rings (SSSR count). The average Bonchev–Trinajstić information content (AvgIpc) is 2.73. The molecule has 2 nitrogen and oxygen atoms in total. The molecule has 0 bridgehead atoms. The highest BCUT2D eigenvalue weighted by molar-refractivity contribution is 5.40. The first-order valence-corrected chi connectivity index (χ1v) is 10.1. The van der Waals surface area contributed by atoms with Crippen LogP contribution in [0.15, 0.2) is 24.3 Å². The van der Waals surface area contributed by atoms with Gasteiger partial charge < -0.3 is 9.84 Å². The van der Waals surface area contributed by atoms with E-state index in [0.717, 1.165) is 0 Å². The Bertz CT molecular complexity index is 967. The molecular weight excluding hydrogens is 396 g/mol. The monoisotopic (exact) mass is 420 g/mol. The highest BCUT2D eigenvalue weighted by Crippen LogP contribution is 2.38. The van der Waals surface area contributed by atoms with Crippen LogP contribution >= 0.6 is 0 Å². The summed E-state index contributed by atoms with van der Waals surface area (Å²) in [5.74, 6) is 1.43. The van der Waals surface area contributed by atoms with Gasteiger partial charge in [-0.3, -0.25) is 0 Å². The summed E-state index contributed by atoms with van der Waals surface area (Å²) in [6.45, 7) is 3.32. The molecule has 1 atom stereocenters. The van der Waals surface area contributed by atoms with Crippen molar-refractivity contribution in [2.24, 2.45) is 5.92 Å². The standard InChI is InChI=1S/C24H24F4O2/c1-3-30-20-13-12-19(23(27)24(20)28)16-7-4-15(5-8-16)6-9-17-10-11-18(14(2)29)22(26)21(17)25/h10-16,29H,3-5,7-8H2,1-2H3. The van der Waals surface area contributed by atoms with Gasteiger partial charge in [0.15, 0.2) is 23.2 Å². The van der Waals surface area contributed by atoms with Gasteiger partial charge in [-0.2, -0.15) is 4.39 Å². The van der Waals surface area contributed by atoms with E-state index in [2.05, 4.69) is 11.8 Å². The number of ether oxygens (including phenoxy) is 1. The molecule has 1 saturated carbocycles. The molecule has 2 aromatic rings. The van der Waals surface area contributed by atoms with Crippen LogP contribution in [0.3, 0.4) is 0 Å². The van der Waals surface area contributed by atoms with E-state index in [-0.39, 0.29) is 35.3 Å². The van der Waals surface area contributed by atoms with E-state index >= 15 is 0 Å². The maximum Gasteiger partial charge on any atom is 0.200 e. The van der Waals surface area contributed by atoms with Crippen molar-refractivity contribution < 1.29 is 27.4 Å². The van der Waals surface area contributed by atoms with Gasteiger partial charge in [0.1, 0.15) is 0 Å². The number of rotatable bonds is 4. The molecule has 30 heavy (non-hydrogen) atoms. The molecular formula is C24H24F4O2. The smallest absolute Gasteiger partial charge is 0.200 e. The molecule has 0 amide bonds. The second-order valence-electron chi connectivity index (χ2n) is 7.54. The van der Waals surface area contributed by atoms with E-state index in [1.165, 1.54) is 25.1 Å². The predicted octanol–water partition coefficient (Wildman–Crippen LogP) is 6.02. The Morgan fingerprint density at radius 1 is 0.967 bits per heavy atom. The Balaban J connectivity index is 1.68. The molecule has 1 unspecified atom stereocenters. The fourth-order valence-electron chi connectivity index (χ4n) is 3.84. The summed E-state index contributed by atoms with van der Waals surface area (Å²) in [5.41, 5.74) is 0.172.